The van der Waals surface area contributed by atoms with Crippen LogP contribution in [-0.4, -0.2) is 56.6 Å². The van der Waals surface area contributed by atoms with Crippen LogP contribution in [0.2, 0.25) is 5.02 Å². The van der Waals surface area contributed by atoms with Crippen LogP contribution in [0.3, 0.4) is 0 Å². The Kier molecular flexibility index (Phi) is 11.6. The summed E-state index contributed by atoms with van der Waals surface area (Å²) < 4.78 is 46.5. The van der Waals surface area contributed by atoms with E-state index in [1.165, 1.54) is 28.4 Å². The average Bonchev–Trinajstić information content (AvgIpc) is 2.92. The van der Waals surface area contributed by atoms with Crippen LogP contribution in [0.5, 0.6) is 5.75 Å². The highest BCUT2D eigenvalue weighted by Crippen LogP contribution is 2.30. The van der Waals surface area contributed by atoms with Crippen LogP contribution in [0.25, 0.3) is 0 Å². The van der Waals surface area contributed by atoms with E-state index in [2.05, 4.69) is 5.32 Å². The highest BCUT2D eigenvalue weighted by molar-refractivity contribution is 7.92. The molecule has 0 aliphatic rings. The molecule has 0 aromatic heterocycles. The summed E-state index contributed by atoms with van der Waals surface area (Å²) in [5, 5.41) is 3.21. The maximum absolute atomic E-state index is 14.8. The standard InChI is InChI=1S/C32H39ClFN3O5S/c1-32(2,3)35-31(39)28(20-23-12-7-6-8-13-23)36(22-24-14-9-10-15-27(24)34)30(38)16-11-19-37(43(5,40)41)25-17-18-29(42-4)26(33)21-25/h6-10,12-15,17-18,21,28H,11,16,19-20,22H2,1-5H3,(H,35,39). The highest BCUT2D eigenvalue weighted by Gasteiger charge is 2.32. The minimum atomic E-state index is -3.72. The smallest absolute Gasteiger partial charge is 0.243 e. The first kappa shape index (κ1) is 33.9. The average molecular weight is 632 g/mol. The first-order valence-electron chi connectivity index (χ1n) is 13.9. The molecule has 0 fully saturated rings. The third kappa shape index (κ3) is 9.96. The van der Waals surface area contributed by atoms with Crippen molar-refractivity contribution in [2.75, 3.05) is 24.2 Å². The summed E-state index contributed by atoms with van der Waals surface area (Å²) in [6.07, 6.45) is 1.34. The fraction of sp³-hybridized carbons (Fsp3) is 0.375. The van der Waals surface area contributed by atoms with E-state index < -0.39 is 33.3 Å². The molecule has 3 rings (SSSR count). The van der Waals surface area contributed by atoms with Crippen molar-refractivity contribution < 1.29 is 27.1 Å². The molecule has 1 unspecified atom stereocenters. The van der Waals surface area contributed by atoms with Crippen molar-refractivity contribution in [1.82, 2.24) is 10.2 Å². The van der Waals surface area contributed by atoms with Crippen LogP contribution in [-0.2, 0) is 32.6 Å². The third-order valence-electron chi connectivity index (χ3n) is 6.64. The van der Waals surface area contributed by atoms with Gasteiger partial charge in [0.15, 0.2) is 0 Å². The van der Waals surface area contributed by atoms with Crippen molar-refractivity contribution >= 4 is 39.1 Å². The van der Waals surface area contributed by atoms with Crippen LogP contribution >= 0.6 is 11.6 Å². The number of nitrogens with one attached hydrogen (secondary N) is 1. The van der Waals surface area contributed by atoms with E-state index in [-0.39, 0.29) is 48.8 Å². The van der Waals surface area contributed by atoms with E-state index in [4.69, 9.17) is 16.3 Å². The summed E-state index contributed by atoms with van der Waals surface area (Å²) in [6, 6.07) is 19.1. The molecule has 11 heteroatoms. The van der Waals surface area contributed by atoms with Gasteiger partial charge >= 0.3 is 0 Å². The first-order chi connectivity index (χ1) is 20.2. The summed E-state index contributed by atoms with van der Waals surface area (Å²) in [7, 11) is -2.26. The Hall–Kier alpha value is -3.63. The lowest BCUT2D eigenvalue weighted by atomic mass is 10.00. The van der Waals surface area contributed by atoms with Gasteiger partial charge in [-0.2, -0.15) is 0 Å². The predicted octanol–water partition coefficient (Wildman–Crippen LogP) is 5.59. The number of benzene rings is 3. The first-order valence-corrected chi connectivity index (χ1v) is 16.1. The number of methoxy groups -OCH3 is 1. The van der Waals surface area contributed by atoms with E-state index in [1.54, 1.807) is 30.3 Å². The number of anilines is 1. The van der Waals surface area contributed by atoms with Gasteiger partial charge in [0, 0.05) is 37.0 Å². The number of sulfonamides is 1. The predicted molar refractivity (Wildman–Crippen MR) is 168 cm³/mol. The summed E-state index contributed by atoms with van der Waals surface area (Å²) >= 11 is 6.24. The zero-order valence-electron chi connectivity index (χ0n) is 25.1. The normalized spacial score (nSPS) is 12.3. The molecular weight excluding hydrogens is 593 g/mol. The summed E-state index contributed by atoms with van der Waals surface area (Å²) in [5.41, 5.74) is 0.857. The monoisotopic (exact) mass is 631 g/mol. The largest absolute Gasteiger partial charge is 0.495 e. The summed E-state index contributed by atoms with van der Waals surface area (Å²) in [4.78, 5) is 28.9. The van der Waals surface area contributed by atoms with Gasteiger partial charge in [0.25, 0.3) is 0 Å². The van der Waals surface area contributed by atoms with Crippen molar-refractivity contribution in [2.45, 2.75) is 58.2 Å². The molecule has 232 valence electrons. The second kappa shape index (κ2) is 14.7. The molecule has 0 heterocycles. The number of hydrogen-bond acceptors (Lipinski definition) is 5. The van der Waals surface area contributed by atoms with Gasteiger partial charge in [-0.3, -0.25) is 13.9 Å². The van der Waals surface area contributed by atoms with Gasteiger partial charge in [0.1, 0.15) is 17.6 Å². The Morgan fingerprint density at radius 1 is 1.02 bits per heavy atom. The number of carbonyl (C=O) groups is 2. The minimum absolute atomic E-state index is 0.0156. The second-order valence-corrected chi connectivity index (χ2v) is 13.6. The molecule has 0 bridgehead atoms. The topological polar surface area (TPSA) is 96.0 Å². The number of carbonyl (C=O) groups excluding carboxylic acids is 2. The molecule has 3 aromatic carbocycles. The maximum atomic E-state index is 14.8. The summed E-state index contributed by atoms with van der Waals surface area (Å²) in [5.74, 6) is -0.869. The van der Waals surface area contributed by atoms with Crippen LogP contribution < -0.4 is 14.4 Å². The summed E-state index contributed by atoms with van der Waals surface area (Å²) in [6.45, 7) is 5.39. The quantitative estimate of drug-likeness (QED) is 0.265. The lowest BCUT2D eigenvalue weighted by molar-refractivity contribution is -0.142. The Labute approximate surface area is 258 Å². The fourth-order valence-electron chi connectivity index (χ4n) is 4.63. The number of hydrogen-bond donors (Lipinski definition) is 1. The number of halogens is 2. The molecule has 0 spiro atoms. The van der Waals surface area contributed by atoms with Crippen LogP contribution in [0.4, 0.5) is 10.1 Å². The van der Waals surface area contributed by atoms with Gasteiger partial charge < -0.3 is 15.0 Å². The Morgan fingerprint density at radius 2 is 1.67 bits per heavy atom. The molecule has 1 atom stereocenters. The zero-order chi connectivity index (χ0) is 31.8. The third-order valence-corrected chi connectivity index (χ3v) is 8.13. The molecule has 2 amide bonds. The zero-order valence-corrected chi connectivity index (χ0v) is 26.7. The van der Waals surface area contributed by atoms with Gasteiger partial charge in [0.2, 0.25) is 21.8 Å². The molecule has 0 aliphatic heterocycles. The van der Waals surface area contributed by atoms with Crippen molar-refractivity contribution in [3.05, 3.63) is 94.8 Å². The van der Waals surface area contributed by atoms with Crippen LogP contribution in [0.15, 0.2) is 72.8 Å². The van der Waals surface area contributed by atoms with Crippen LogP contribution in [0.1, 0.15) is 44.7 Å². The van der Waals surface area contributed by atoms with Gasteiger partial charge in [-0.15, -0.1) is 0 Å². The molecule has 43 heavy (non-hydrogen) atoms. The molecule has 0 saturated heterocycles. The molecular formula is C32H39ClFN3O5S. The van der Waals surface area contributed by atoms with Gasteiger partial charge in [-0.25, -0.2) is 12.8 Å². The Bertz CT molecular complexity index is 1510. The SMILES string of the molecule is COc1ccc(N(CCCC(=O)N(Cc2ccccc2F)C(Cc2ccccc2)C(=O)NC(C)(C)C)S(C)(=O)=O)cc1Cl. The molecule has 0 radical (unpaired) electrons. The van der Waals surface area contributed by atoms with Gasteiger partial charge in [-0.1, -0.05) is 60.1 Å². The highest BCUT2D eigenvalue weighted by atomic mass is 35.5. The van der Waals surface area contributed by atoms with E-state index in [0.717, 1.165) is 11.8 Å². The fourth-order valence-corrected chi connectivity index (χ4v) is 5.84. The maximum Gasteiger partial charge on any atom is 0.243 e. The molecule has 3 aromatic rings. The van der Waals surface area contributed by atoms with Crippen LogP contribution in [0, 0.1) is 5.82 Å². The van der Waals surface area contributed by atoms with Crippen molar-refractivity contribution in [1.29, 1.82) is 0 Å². The number of nitrogens with zero attached hydrogens (tertiary/aromatic N) is 2. The lowest BCUT2D eigenvalue weighted by Crippen LogP contribution is -2.54. The van der Waals surface area contributed by atoms with E-state index in [0.29, 0.717) is 11.4 Å². The van der Waals surface area contributed by atoms with Crippen molar-refractivity contribution in [3.8, 4) is 5.75 Å². The molecule has 0 saturated carbocycles. The van der Waals surface area contributed by atoms with E-state index in [1.807, 2.05) is 51.1 Å². The molecule has 1 N–H and O–H groups in total. The molecule has 8 nitrogen and oxygen atoms in total. The van der Waals surface area contributed by atoms with Crippen molar-refractivity contribution in [2.24, 2.45) is 0 Å². The van der Waals surface area contributed by atoms with E-state index in [9.17, 15) is 22.4 Å². The van der Waals surface area contributed by atoms with E-state index >= 15 is 0 Å². The van der Waals surface area contributed by atoms with Gasteiger partial charge in [-0.05, 0) is 57.0 Å². The molecule has 0 aliphatic carbocycles. The number of amides is 2. The van der Waals surface area contributed by atoms with Gasteiger partial charge in [0.05, 0.1) is 24.1 Å². The Morgan fingerprint density at radius 3 is 2.26 bits per heavy atom. The number of rotatable bonds is 13. The minimum Gasteiger partial charge on any atom is -0.495 e. The Balaban J connectivity index is 1.91. The number of ether oxygens (including phenoxy) is 1. The second-order valence-electron chi connectivity index (χ2n) is 11.3. The lowest BCUT2D eigenvalue weighted by Gasteiger charge is -2.34. The van der Waals surface area contributed by atoms with Crippen molar-refractivity contribution in [3.63, 3.8) is 0 Å².